The summed E-state index contributed by atoms with van der Waals surface area (Å²) in [5.41, 5.74) is 1.07. The molecule has 0 fully saturated rings. The second-order valence-corrected chi connectivity index (χ2v) is 6.88. The number of rotatable bonds is 11. The SMILES string of the molecule is CCCOc1ccc(CN(CCC)C(=O)C(C)SC)cc1OCC. The highest BCUT2D eigenvalue weighted by Crippen LogP contribution is 2.29. The van der Waals surface area contributed by atoms with E-state index >= 15 is 0 Å². The lowest BCUT2D eigenvalue weighted by molar-refractivity contribution is -0.130. The summed E-state index contributed by atoms with van der Waals surface area (Å²) in [7, 11) is 0. The van der Waals surface area contributed by atoms with E-state index in [1.807, 2.05) is 43.2 Å². The maximum absolute atomic E-state index is 12.5. The van der Waals surface area contributed by atoms with Crippen molar-refractivity contribution in [3.63, 3.8) is 0 Å². The third-order valence-corrected chi connectivity index (χ3v) is 4.56. The first-order chi connectivity index (χ1) is 11.6. The van der Waals surface area contributed by atoms with Crippen molar-refractivity contribution in [2.45, 2.75) is 52.3 Å². The molecule has 136 valence electrons. The van der Waals surface area contributed by atoms with Gasteiger partial charge in [0.15, 0.2) is 11.5 Å². The molecule has 5 heteroatoms. The summed E-state index contributed by atoms with van der Waals surface area (Å²) in [6.45, 7) is 10.7. The second-order valence-electron chi connectivity index (χ2n) is 5.70. The van der Waals surface area contributed by atoms with E-state index in [1.54, 1.807) is 11.8 Å². The third-order valence-electron chi connectivity index (χ3n) is 3.65. The fourth-order valence-electron chi connectivity index (χ4n) is 2.37. The molecule has 0 aliphatic rings. The molecule has 1 aromatic rings. The van der Waals surface area contributed by atoms with Crippen LogP contribution in [0.15, 0.2) is 18.2 Å². The average molecular weight is 354 g/mol. The Bertz CT molecular complexity index is 507. The molecule has 0 radical (unpaired) electrons. The zero-order valence-electron chi connectivity index (χ0n) is 15.6. The van der Waals surface area contributed by atoms with Gasteiger partial charge >= 0.3 is 0 Å². The number of benzene rings is 1. The van der Waals surface area contributed by atoms with Gasteiger partial charge in [0.25, 0.3) is 0 Å². The quantitative estimate of drug-likeness (QED) is 0.592. The number of carbonyl (C=O) groups is 1. The van der Waals surface area contributed by atoms with Crippen LogP contribution < -0.4 is 9.47 Å². The van der Waals surface area contributed by atoms with Crippen LogP contribution in [0, 0.1) is 0 Å². The number of amides is 1. The molecule has 4 nitrogen and oxygen atoms in total. The summed E-state index contributed by atoms with van der Waals surface area (Å²) in [6, 6.07) is 5.96. The predicted octanol–water partition coefficient (Wildman–Crippen LogP) is 4.36. The minimum Gasteiger partial charge on any atom is -0.490 e. The lowest BCUT2D eigenvalue weighted by Crippen LogP contribution is -2.36. The van der Waals surface area contributed by atoms with Crippen LogP contribution >= 0.6 is 11.8 Å². The summed E-state index contributed by atoms with van der Waals surface area (Å²) in [5, 5.41) is -0.0185. The first kappa shape index (κ1) is 20.7. The standard InChI is InChI=1S/C19H31NO3S/c1-6-11-20(19(21)15(4)24-5)14-16-9-10-17(23-12-7-2)18(13-16)22-8-3/h9-10,13,15H,6-8,11-12,14H2,1-5H3. The number of thioether (sulfide) groups is 1. The van der Waals surface area contributed by atoms with Gasteiger partial charge in [-0.3, -0.25) is 4.79 Å². The first-order valence-corrected chi connectivity index (χ1v) is 10.1. The van der Waals surface area contributed by atoms with E-state index in [1.165, 1.54) is 0 Å². The summed E-state index contributed by atoms with van der Waals surface area (Å²) < 4.78 is 11.5. The maximum Gasteiger partial charge on any atom is 0.235 e. The minimum atomic E-state index is -0.0185. The molecule has 0 aliphatic carbocycles. The van der Waals surface area contributed by atoms with Crippen molar-refractivity contribution >= 4 is 17.7 Å². The van der Waals surface area contributed by atoms with Crippen LogP contribution in [0.2, 0.25) is 0 Å². The van der Waals surface area contributed by atoms with Gasteiger partial charge in [-0.05, 0) is 50.6 Å². The van der Waals surface area contributed by atoms with Gasteiger partial charge in [0.1, 0.15) is 0 Å². The van der Waals surface area contributed by atoms with E-state index in [-0.39, 0.29) is 11.2 Å². The van der Waals surface area contributed by atoms with E-state index in [0.717, 1.165) is 36.4 Å². The van der Waals surface area contributed by atoms with Crippen LogP contribution in [0.25, 0.3) is 0 Å². The molecular weight excluding hydrogens is 322 g/mol. The van der Waals surface area contributed by atoms with Gasteiger partial charge in [0.05, 0.1) is 18.5 Å². The van der Waals surface area contributed by atoms with Crippen LogP contribution in [-0.2, 0) is 11.3 Å². The van der Waals surface area contributed by atoms with Gasteiger partial charge in [0.2, 0.25) is 5.91 Å². The summed E-state index contributed by atoms with van der Waals surface area (Å²) >= 11 is 1.58. The van der Waals surface area contributed by atoms with Gasteiger partial charge < -0.3 is 14.4 Å². The van der Waals surface area contributed by atoms with Crippen LogP contribution in [0.4, 0.5) is 0 Å². The molecule has 1 amide bonds. The van der Waals surface area contributed by atoms with Crippen molar-refractivity contribution in [2.24, 2.45) is 0 Å². The molecule has 0 bridgehead atoms. The summed E-state index contributed by atoms with van der Waals surface area (Å²) in [5.74, 6) is 1.71. The molecule has 1 unspecified atom stereocenters. The fraction of sp³-hybridized carbons (Fsp3) is 0.632. The Morgan fingerprint density at radius 2 is 1.92 bits per heavy atom. The van der Waals surface area contributed by atoms with Crippen molar-refractivity contribution in [1.29, 1.82) is 0 Å². The molecule has 24 heavy (non-hydrogen) atoms. The second kappa shape index (κ2) is 11.2. The highest BCUT2D eigenvalue weighted by atomic mass is 32.2. The molecule has 0 aliphatic heterocycles. The Morgan fingerprint density at radius 3 is 2.50 bits per heavy atom. The van der Waals surface area contributed by atoms with Gasteiger partial charge in [-0.2, -0.15) is 11.8 Å². The number of ether oxygens (including phenoxy) is 2. The molecule has 0 N–H and O–H groups in total. The Kier molecular flexibility index (Phi) is 9.69. The van der Waals surface area contributed by atoms with Crippen molar-refractivity contribution in [2.75, 3.05) is 26.0 Å². The third kappa shape index (κ3) is 6.27. The average Bonchev–Trinajstić information content (AvgIpc) is 2.59. The lowest BCUT2D eigenvalue weighted by Gasteiger charge is -2.25. The minimum absolute atomic E-state index is 0.0185. The van der Waals surface area contributed by atoms with Crippen LogP contribution in [0.5, 0.6) is 11.5 Å². The van der Waals surface area contributed by atoms with Gasteiger partial charge in [-0.25, -0.2) is 0 Å². The van der Waals surface area contributed by atoms with Crippen molar-refractivity contribution in [3.8, 4) is 11.5 Å². The number of carbonyl (C=O) groups excluding carboxylic acids is 1. The number of hydrogen-bond acceptors (Lipinski definition) is 4. The smallest absolute Gasteiger partial charge is 0.235 e. The summed E-state index contributed by atoms with van der Waals surface area (Å²) in [4.78, 5) is 14.5. The number of nitrogens with zero attached hydrogens (tertiary/aromatic N) is 1. The molecular formula is C19H31NO3S. The van der Waals surface area contributed by atoms with E-state index in [9.17, 15) is 4.79 Å². The highest BCUT2D eigenvalue weighted by Gasteiger charge is 2.20. The monoisotopic (exact) mass is 353 g/mol. The van der Waals surface area contributed by atoms with Crippen molar-refractivity contribution in [3.05, 3.63) is 23.8 Å². The highest BCUT2D eigenvalue weighted by molar-refractivity contribution is 7.99. The molecule has 1 rings (SSSR count). The normalized spacial score (nSPS) is 11.9. The Hall–Kier alpha value is -1.36. The molecule has 0 aromatic heterocycles. The van der Waals surface area contributed by atoms with Crippen molar-refractivity contribution < 1.29 is 14.3 Å². The Balaban J connectivity index is 2.93. The maximum atomic E-state index is 12.5. The molecule has 1 atom stereocenters. The van der Waals surface area contributed by atoms with Crippen molar-refractivity contribution in [1.82, 2.24) is 4.90 Å². The zero-order valence-corrected chi connectivity index (χ0v) is 16.4. The molecule has 0 saturated heterocycles. The number of hydrogen-bond donors (Lipinski definition) is 0. The Labute approximate surface area is 150 Å². The first-order valence-electron chi connectivity index (χ1n) is 8.77. The largest absolute Gasteiger partial charge is 0.490 e. The Morgan fingerprint density at radius 1 is 1.17 bits per heavy atom. The molecule has 0 heterocycles. The van der Waals surface area contributed by atoms with E-state index in [0.29, 0.717) is 19.8 Å². The van der Waals surface area contributed by atoms with Crippen LogP contribution in [0.1, 0.15) is 46.1 Å². The zero-order chi connectivity index (χ0) is 17.9. The topological polar surface area (TPSA) is 38.8 Å². The van der Waals surface area contributed by atoms with Gasteiger partial charge in [-0.1, -0.05) is 19.9 Å². The lowest BCUT2D eigenvalue weighted by atomic mass is 10.1. The van der Waals surface area contributed by atoms with E-state index in [4.69, 9.17) is 9.47 Å². The predicted molar refractivity (Wildman–Crippen MR) is 102 cm³/mol. The van der Waals surface area contributed by atoms with Crippen LogP contribution in [0.3, 0.4) is 0 Å². The molecule has 0 saturated carbocycles. The van der Waals surface area contributed by atoms with E-state index in [2.05, 4.69) is 13.8 Å². The van der Waals surface area contributed by atoms with Gasteiger partial charge in [-0.15, -0.1) is 0 Å². The molecule has 0 spiro atoms. The van der Waals surface area contributed by atoms with Gasteiger partial charge in [0, 0.05) is 13.1 Å². The van der Waals surface area contributed by atoms with Crippen LogP contribution in [-0.4, -0.2) is 42.1 Å². The fourth-order valence-corrected chi connectivity index (χ4v) is 2.72. The van der Waals surface area contributed by atoms with E-state index < -0.39 is 0 Å². The molecule has 1 aromatic carbocycles. The summed E-state index contributed by atoms with van der Waals surface area (Å²) in [6.07, 6.45) is 3.88.